The first-order chi connectivity index (χ1) is 10.8. The van der Waals surface area contributed by atoms with Crippen LogP contribution in [0.2, 0.25) is 0 Å². The van der Waals surface area contributed by atoms with E-state index in [9.17, 15) is 4.79 Å². The van der Waals surface area contributed by atoms with E-state index in [0.29, 0.717) is 12.6 Å². The highest BCUT2D eigenvalue weighted by atomic mass is 16.5. The van der Waals surface area contributed by atoms with E-state index in [-0.39, 0.29) is 17.6 Å². The first-order valence-corrected chi connectivity index (χ1v) is 8.51. The molecule has 2 aliphatic heterocycles. The van der Waals surface area contributed by atoms with Crippen LogP contribution in [0.3, 0.4) is 0 Å². The molecule has 1 aromatic heterocycles. The van der Waals surface area contributed by atoms with E-state index < -0.39 is 0 Å². The molecular weight excluding hydrogens is 292 g/mol. The van der Waals surface area contributed by atoms with Gasteiger partial charge in [0, 0.05) is 19.6 Å². The summed E-state index contributed by atoms with van der Waals surface area (Å²) in [6.45, 7) is 11.5. The number of ether oxygens (including phenoxy) is 1. The van der Waals surface area contributed by atoms with Gasteiger partial charge in [-0.05, 0) is 34.2 Å². The molecule has 3 heterocycles. The zero-order chi connectivity index (χ0) is 16.8. The molecule has 23 heavy (non-hydrogen) atoms. The van der Waals surface area contributed by atoms with Gasteiger partial charge in [0.1, 0.15) is 0 Å². The summed E-state index contributed by atoms with van der Waals surface area (Å²) in [5.41, 5.74) is 1.64. The molecule has 1 amide bonds. The highest BCUT2D eigenvalue weighted by molar-refractivity contribution is 5.95. The molecule has 2 atom stereocenters. The number of likely N-dealkylation sites (tertiary alicyclic amines) is 1. The summed E-state index contributed by atoms with van der Waals surface area (Å²) in [5, 5.41) is 4.48. The predicted molar refractivity (Wildman–Crippen MR) is 88.7 cm³/mol. The SMILES string of the molecule is CCc1c(C(=O)N2C[C@H]3OCCN(C)[C@H]3C2)cnn1C(C)(C)C. The highest BCUT2D eigenvalue weighted by Crippen LogP contribution is 2.25. The van der Waals surface area contributed by atoms with Gasteiger partial charge in [0.25, 0.3) is 5.91 Å². The summed E-state index contributed by atoms with van der Waals surface area (Å²) in [5.74, 6) is 0.0868. The Hall–Kier alpha value is -1.40. The monoisotopic (exact) mass is 320 g/mol. The molecule has 0 saturated carbocycles. The smallest absolute Gasteiger partial charge is 0.257 e. The van der Waals surface area contributed by atoms with E-state index in [0.717, 1.165) is 37.4 Å². The minimum atomic E-state index is -0.119. The van der Waals surface area contributed by atoms with Gasteiger partial charge < -0.3 is 9.64 Å². The van der Waals surface area contributed by atoms with Crippen LogP contribution in [0.1, 0.15) is 43.7 Å². The van der Waals surface area contributed by atoms with Crippen molar-refractivity contribution in [3.63, 3.8) is 0 Å². The maximum atomic E-state index is 13.0. The van der Waals surface area contributed by atoms with E-state index in [2.05, 4.69) is 44.7 Å². The Bertz CT molecular complexity index is 590. The number of aromatic nitrogens is 2. The Morgan fingerprint density at radius 2 is 2.13 bits per heavy atom. The summed E-state index contributed by atoms with van der Waals surface area (Å²) >= 11 is 0. The Balaban J connectivity index is 1.83. The van der Waals surface area contributed by atoms with Gasteiger partial charge in [0.15, 0.2) is 0 Å². The van der Waals surface area contributed by atoms with Crippen LogP contribution in [0.4, 0.5) is 0 Å². The normalized spacial score (nSPS) is 25.7. The quantitative estimate of drug-likeness (QED) is 0.825. The molecule has 0 aliphatic carbocycles. The van der Waals surface area contributed by atoms with E-state index in [1.54, 1.807) is 6.20 Å². The lowest BCUT2D eigenvalue weighted by Crippen LogP contribution is -2.48. The zero-order valence-corrected chi connectivity index (χ0v) is 14.9. The molecule has 2 saturated heterocycles. The summed E-state index contributed by atoms with van der Waals surface area (Å²) in [6.07, 6.45) is 2.68. The number of carbonyl (C=O) groups excluding carboxylic acids is 1. The number of rotatable bonds is 2. The fourth-order valence-electron chi connectivity index (χ4n) is 3.66. The number of hydrogen-bond acceptors (Lipinski definition) is 4. The molecule has 0 radical (unpaired) electrons. The Morgan fingerprint density at radius 1 is 1.39 bits per heavy atom. The number of hydrogen-bond donors (Lipinski definition) is 0. The largest absolute Gasteiger partial charge is 0.373 e. The van der Waals surface area contributed by atoms with Crippen LogP contribution in [0.5, 0.6) is 0 Å². The van der Waals surface area contributed by atoms with Crippen molar-refractivity contribution in [1.82, 2.24) is 19.6 Å². The minimum absolute atomic E-state index is 0.0868. The number of likely N-dealkylation sites (N-methyl/N-ethyl adjacent to an activating group) is 1. The molecule has 1 aromatic rings. The van der Waals surface area contributed by atoms with Crippen LogP contribution < -0.4 is 0 Å². The summed E-state index contributed by atoms with van der Waals surface area (Å²) < 4.78 is 7.83. The lowest BCUT2D eigenvalue weighted by atomic mass is 10.1. The molecule has 3 rings (SSSR count). The second-order valence-electron chi connectivity index (χ2n) is 7.61. The standard InChI is InChI=1S/C17H28N4O2/c1-6-13-12(9-18-21(13)17(2,3)4)16(22)20-10-14-15(11-20)23-8-7-19(14)5/h9,14-15H,6-8,10-11H2,1-5H3/t14-,15+/m0/s1. The molecular formula is C17H28N4O2. The average Bonchev–Trinajstić information content (AvgIpc) is 3.10. The van der Waals surface area contributed by atoms with Crippen molar-refractivity contribution in [2.75, 3.05) is 33.3 Å². The van der Waals surface area contributed by atoms with Crippen molar-refractivity contribution in [1.29, 1.82) is 0 Å². The number of morpholine rings is 1. The van der Waals surface area contributed by atoms with Crippen LogP contribution in [-0.2, 0) is 16.7 Å². The predicted octanol–water partition coefficient (Wildman–Crippen LogP) is 1.36. The van der Waals surface area contributed by atoms with Crippen molar-refractivity contribution < 1.29 is 9.53 Å². The summed E-state index contributed by atoms with van der Waals surface area (Å²) in [4.78, 5) is 17.3. The topological polar surface area (TPSA) is 50.6 Å². The lowest BCUT2D eigenvalue weighted by molar-refractivity contribution is -0.0368. The first kappa shape index (κ1) is 16.5. The Kier molecular flexibility index (Phi) is 4.23. The third-order valence-electron chi connectivity index (χ3n) is 4.94. The van der Waals surface area contributed by atoms with Gasteiger partial charge in [-0.2, -0.15) is 5.10 Å². The molecule has 0 spiro atoms. The third kappa shape index (κ3) is 2.90. The zero-order valence-electron chi connectivity index (χ0n) is 14.9. The van der Waals surface area contributed by atoms with Crippen molar-refractivity contribution in [3.05, 3.63) is 17.5 Å². The van der Waals surface area contributed by atoms with Gasteiger partial charge in [-0.25, -0.2) is 0 Å². The fourth-order valence-corrected chi connectivity index (χ4v) is 3.66. The number of nitrogens with zero attached hydrogens (tertiary/aromatic N) is 4. The molecule has 0 bridgehead atoms. The van der Waals surface area contributed by atoms with Gasteiger partial charge in [-0.3, -0.25) is 14.4 Å². The highest BCUT2D eigenvalue weighted by Gasteiger charge is 2.41. The van der Waals surface area contributed by atoms with Crippen LogP contribution >= 0.6 is 0 Å². The molecule has 6 heteroatoms. The van der Waals surface area contributed by atoms with Crippen LogP contribution in [0.25, 0.3) is 0 Å². The van der Waals surface area contributed by atoms with E-state index >= 15 is 0 Å². The van der Waals surface area contributed by atoms with Crippen molar-refractivity contribution >= 4 is 5.91 Å². The van der Waals surface area contributed by atoms with E-state index in [1.807, 2.05) is 9.58 Å². The minimum Gasteiger partial charge on any atom is -0.373 e. The van der Waals surface area contributed by atoms with Crippen LogP contribution in [-0.4, -0.2) is 70.9 Å². The van der Waals surface area contributed by atoms with Gasteiger partial charge in [0.2, 0.25) is 0 Å². The Labute approximate surface area is 138 Å². The van der Waals surface area contributed by atoms with Crippen LogP contribution in [0, 0.1) is 0 Å². The summed E-state index contributed by atoms with van der Waals surface area (Å²) in [7, 11) is 2.11. The maximum absolute atomic E-state index is 13.0. The van der Waals surface area contributed by atoms with E-state index in [4.69, 9.17) is 4.74 Å². The van der Waals surface area contributed by atoms with Crippen molar-refractivity contribution in [3.8, 4) is 0 Å². The third-order valence-corrected chi connectivity index (χ3v) is 4.94. The van der Waals surface area contributed by atoms with Crippen molar-refractivity contribution in [2.24, 2.45) is 0 Å². The molecule has 6 nitrogen and oxygen atoms in total. The molecule has 128 valence electrons. The fraction of sp³-hybridized carbons (Fsp3) is 0.765. The second-order valence-corrected chi connectivity index (χ2v) is 7.61. The van der Waals surface area contributed by atoms with Crippen LogP contribution in [0.15, 0.2) is 6.20 Å². The molecule has 2 fully saturated rings. The maximum Gasteiger partial charge on any atom is 0.257 e. The number of carbonyl (C=O) groups is 1. The Morgan fingerprint density at radius 3 is 2.74 bits per heavy atom. The molecule has 0 aromatic carbocycles. The van der Waals surface area contributed by atoms with Crippen molar-refractivity contribution in [2.45, 2.75) is 51.8 Å². The van der Waals surface area contributed by atoms with Gasteiger partial charge in [-0.1, -0.05) is 6.92 Å². The second kappa shape index (κ2) is 5.91. The molecule has 0 unspecified atom stereocenters. The lowest BCUT2D eigenvalue weighted by Gasteiger charge is -2.33. The van der Waals surface area contributed by atoms with Gasteiger partial charge in [-0.15, -0.1) is 0 Å². The van der Waals surface area contributed by atoms with Gasteiger partial charge >= 0.3 is 0 Å². The first-order valence-electron chi connectivity index (χ1n) is 8.51. The average molecular weight is 320 g/mol. The van der Waals surface area contributed by atoms with Gasteiger partial charge in [0.05, 0.1) is 41.7 Å². The molecule has 2 aliphatic rings. The number of fused-ring (bicyclic) bond motifs is 1. The van der Waals surface area contributed by atoms with E-state index in [1.165, 1.54) is 0 Å². The number of amides is 1. The summed E-state index contributed by atoms with van der Waals surface area (Å²) in [6, 6.07) is 0.315. The molecule has 0 N–H and O–H groups in total.